The van der Waals surface area contributed by atoms with Crippen molar-refractivity contribution >= 4 is 33.6 Å². The Kier molecular flexibility index (Phi) is 2.72. The van der Waals surface area contributed by atoms with Crippen molar-refractivity contribution in [1.29, 1.82) is 0 Å². The SMILES string of the molecule is Nc1nc(N)c2ccc3c(ccn3Cc3cc[c]cc3)c2n1. The number of hydrogen-bond donors (Lipinski definition) is 2. The van der Waals surface area contributed by atoms with Crippen LogP contribution in [0.15, 0.2) is 48.7 Å². The Hall–Kier alpha value is -3.08. The molecular formula is C17H14N5. The normalized spacial score (nSPS) is 11.3. The van der Waals surface area contributed by atoms with Crippen LogP contribution in [0.25, 0.3) is 21.8 Å². The minimum absolute atomic E-state index is 0.198. The second kappa shape index (κ2) is 4.73. The van der Waals surface area contributed by atoms with Crippen molar-refractivity contribution in [2.24, 2.45) is 0 Å². The molecule has 0 amide bonds. The summed E-state index contributed by atoms with van der Waals surface area (Å²) in [7, 11) is 0. The van der Waals surface area contributed by atoms with Gasteiger partial charge in [-0.15, -0.1) is 0 Å². The summed E-state index contributed by atoms with van der Waals surface area (Å²) < 4.78 is 2.18. The molecule has 0 unspecified atom stereocenters. The molecule has 4 rings (SSSR count). The molecule has 5 nitrogen and oxygen atoms in total. The summed E-state index contributed by atoms with van der Waals surface area (Å²) in [4.78, 5) is 8.37. The van der Waals surface area contributed by atoms with Crippen molar-refractivity contribution in [3.8, 4) is 0 Å². The predicted octanol–water partition coefficient (Wildman–Crippen LogP) is 2.60. The van der Waals surface area contributed by atoms with Gasteiger partial charge >= 0.3 is 0 Å². The van der Waals surface area contributed by atoms with Gasteiger partial charge < -0.3 is 16.0 Å². The molecule has 0 saturated carbocycles. The van der Waals surface area contributed by atoms with Gasteiger partial charge in [0, 0.05) is 23.5 Å². The van der Waals surface area contributed by atoms with Gasteiger partial charge in [-0.2, -0.15) is 4.98 Å². The number of nitrogen functional groups attached to an aromatic ring is 2. The van der Waals surface area contributed by atoms with E-state index in [9.17, 15) is 0 Å². The third kappa shape index (κ3) is 1.95. The molecule has 0 aliphatic carbocycles. The number of nitrogens with two attached hydrogens (primary N) is 2. The maximum absolute atomic E-state index is 5.94. The van der Waals surface area contributed by atoms with Gasteiger partial charge in [0.05, 0.1) is 11.0 Å². The Morgan fingerprint density at radius 3 is 2.59 bits per heavy atom. The second-order valence-electron chi connectivity index (χ2n) is 5.21. The first-order valence-electron chi connectivity index (χ1n) is 6.98. The first kappa shape index (κ1) is 12.6. The van der Waals surface area contributed by atoms with Crippen molar-refractivity contribution in [2.45, 2.75) is 6.54 Å². The molecule has 2 heterocycles. The van der Waals surface area contributed by atoms with Crippen molar-refractivity contribution < 1.29 is 0 Å². The molecule has 2 aromatic heterocycles. The molecule has 4 N–H and O–H groups in total. The molecule has 1 radical (unpaired) electrons. The zero-order valence-corrected chi connectivity index (χ0v) is 11.8. The molecule has 0 fully saturated rings. The van der Waals surface area contributed by atoms with Crippen LogP contribution in [0.2, 0.25) is 0 Å². The molecule has 4 aromatic rings. The lowest BCUT2D eigenvalue weighted by molar-refractivity contribution is 0.837. The minimum atomic E-state index is 0.198. The molecule has 0 saturated heterocycles. The van der Waals surface area contributed by atoms with E-state index in [4.69, 9.17) is 11.5 Å². The highest BCUT2D eigenvalue weighted by atomic mass is 15.0. The molecule has 0 atom stereocenters. The van der Waals surface area contributed by atoms with Crippen molar-refractivity contribution in [1.82, 2.24) is 14.5 Å². The molecular weight excluding hydrogens is 274 g/mol. The number of anilines is 2. The van der Waals surface area contributed by atoms with Crippen molar-refractivity contribution in [3.63, 3.8) is 0 Å². The van der Waals surface area contributed by atoms with E-state index in [1.54, 1.807) is 0 Å². The van der Waals surface area contributed by atoms with Crippen molar-refractivity contribution in [3.05, 3.63) is 60.3 Å². The van der Waals surface area contributed by atoms with Crippen LogP contribution in [-0.2, 0) is 6.54 Å². The van der Waals surface area contributed by atoms with Gasteiger partial charge in [0.15, 0.2) is 0 Å². The summed E-state index contributed by atoms with van der Waals surface area (Å²) in [6, 6.07) is 17.0. The zero-order chi connectivity index (χ0) is 15.1. The van der Waals surface area contributed by atoms with E-state index < -0.39 is 0 Å². The Bertz CT molecular complexity index is 973. The number of rotatable bonds is 2. The molecule has 22 heavy (non-hydrogen) atoms. The maximum Gasteiger partial charge on any atom is 0.222 e. The fourth-order valence-electron chi connectivity index (χ4n) is 2.77. The van der Waals surface area contributed by atoms with E-state index in [0.29, 0.717) is 5.82 Å². The van der Waals surface area contributed by atoms with Gasteiger partial charge in [-0.1, -0.05) is 24.3 Å². The van der Waals surface area contributed by atoms with Crippen LogP contribution in [0.3, 0.4) is 0 Å². The summed E-state index contributed by atoms with van der Waals surface area (Å²) in [5.74, 6) is 0.611. The maximum atomic E-state index is 5.94. The third-order valence-corrected chi connectivity index (χ3v) is 3.80. The Labute approximate surface area is 127 Å². The standard InChI is InChI=1S/C17H14N5/c18-16-13-6-7-14-12(15(13)20-17(19)21-16)8-9-22(14)10-11-4-2-1-3-5-11/h2-9H,10H2,(H4,18,19,20,21). The van der Waals surface area contributed by atoms with E-state index in [-0.39, 0.29) is 5.95 Å². The van der Waals surface area contributed by atoms with E-state index >= 15 is 0 Å². The Morgan fingerprint density at radius 1 is 0.955 bits per heavy atom. The number of nitrogens with zero attached hydrogens (tertiary/aromatic N) is 3. The van der Waals surface area contributed by atoms with Crippen LogP contribution >= 0.6 is 0 Å². The Morgan fingerprint density at radius 2 is 1.77 bits per heavy atom. The molecule has 0 aliphatic rings. The third-order valence-electron chi connectivity index (χ3n) is 3.80. The topological polar surface area (TPSA) is 82.7 Å². The first-order valence-corrected chi connectivity index (χ1v) is 6.98. The summed E-state index contributed by atoms with van der Waals surface area (Å²) in [6.07, 6.45) is 2.05. The molecule has 0 bridgehead atoms. The fraction of sp³-hybridized carbons (Fsp3) is 0.0588. The highest BCUT2D eigenvalue weighted by molar-refractivity contribution is 6.07. The lowest BCUT2D eigenvalue weighted by Gasteiger charge is -2.07. The number of benzene rings is 2. The lowest BCUT2D eigenvalue weighted by atomic mass is 10.1. The molecule has 0 spiro atoms. The number of aromatic nitrogens is 3. The average Bonchev–Trinajstić information content (AvgIpc) is 2.92. The molecule has 2 aromatic carbocycles. The highest BCUT2D eigenvalue weighted by Gasteiger charge is 2.10. The Balaban J connectivity index is 1.91. The van der Waals surface area contributed by atoms with Gasteiger partial charge in [0.1, 0.15) is 5.82 Å². The van der Waals surface area contributed by atoms with E-state index in [1.165, 1.54) is 5.56 Å². The van der Waals surface area contributed by atoms with Crippen LogP contribution in [0.1, 0.15) is 5.56 Å². The lowest BCUT2D eigenvalue weighted by Crippen LogP contribution is -2.01. The molecule has 5 heteroatoms. The van der Waals surface area contributed by atoms with Crippen LogP contribution in [0, 0.1) is 6.07 Å². The van der Waals surface area contributed by atoms with Crippen LogP contribution < -0.4 is 11.5 Å². The van der Waals surface area contributed by atoms with Gasteiger partial charge in [-0.05, 0) is 29.8 Å². The fourth-order valence-corrected chi connectivity index (χ4v) is 2.77. The largest absolute Gasteiger partial charge is 0.383 e. The zero-order valence-electron chi connectivity index (χ0n) is 11.8. The minimum Gasteiger partial charge on any atom is -0.383 e. The van der Waals surface area contributed by atoms with Crippen molar-refractivity contribution in [2.75, 3.05) is 11.5 Å². The van der Waals surface area contributed by atoms with Gasteiger partial charge in [0.25, 0.3) is 0 Å². The summed E-state index contributed by atoms with van der Waals surface area (Å²) >= 11 is 0. The predicted molar refractivity (Wildman–Crippen MR) is 88.2 cm³/mol. The second-order valence-corrected chi connectivity index (χ2v) is 5.21. The van der Waals surface area contributed by atoms with Gasteiger partial charge in [-0.3, -0.25) is 0 Å². The number of hydrogen-bond acceptors (Lipinski definition) is 4. The molecule has 107 valence electrons. The van der Waals surface area contributed by atoms with E-state index in [0.717, 1.165) is 28.4 Å². The monoisotopic (exact) mass is 288 g/mol. The smallest absolute Gasteiger partial charge is 0.222 e. The van der Waals surface area contributed by atoms with Gasteiger partial charge in [-0.25, -0.2) is 4.98 Å². The van der Waals surface area contributed by atoms with E-state index in [2.05, 4.69) is 38.9 Å². The summed E-state index contributed by atoms with van der Waals surface area (Å²) in [6.45, 7) is 0.791. The number of fused-ring (bicyclic) bond motifs is 3. The highest BCUT2D eigenvalue weighted by Crippen LogP contribution is 2.28. The molecule has 0 aliphatic heterocycles. The van der Waals surface area contributed by atoms with Crippen LogP contribution in [0.4, 0.5) is 11.8 Å². The summed E-state index contributed by atoms with van der Waals surface area (Å²) in [5, 5.41) is 1.86. The average molecular weight is 288 g/mol. The first-order chi connectivity index (χ1) is 10.7. The van der Waals surface area contributed by atoms with Gasteiger partial charge in [0.2, 0.25) is 5.95 Å². The van der Waals surface area contributed by atoms with E-state index in [1.807, 2.05) is 30.3 Å². The quantitative estimate of drug-likeness (QED) is 0.594. The van der Waals surface area contributed by atoms with Crippen LogP contribution in [0.5, 0.6) is 0 Å². The van der Waals surface area contributed by atoms with Crippen LogP contribution in [-0.4, -0.2) is 14.5 Å². The summed E-state index contributed by atoms with van der Waals surface area (Å²) in [5.41, 5.74) is 14.8.